The normalized spacial score (nSPS) is 18.5. The smallest absolute Gasteiger partial charge is 0.264 e. The van der Waals surface area contributed by atoms with Crippen LogP contribution in [-0.4, -0.2) is 23.9 Å². The predicted molar refractivity (Wildman–Crippen MR) is 104 cm³/mol. The molecule has 1 N–H and O–H groups in total. The zero-order chi connectivity index (χ0) is 19.6. The fourth-order valence-corrected chi connectivity index (χ4v) is 3.59. The van der Waals surface area contributed by atoms with E-state index in [1.807, 2.05) is 31.2 Å². The first-order chi connectivity index (χ1) is 12.9. The number of carbonyl (C=O) groups is 2. The largest absolute Gasteiger partial charge is 0.497 e. The number of carbonyl (C=O) groups excluding carboxylic acids is 2. The Balaban J connectivity index is 1.96. The molecule has 6 heteroatoms. The highest BCUT2D eigenvalue weighted by Gasteiger charge is 2.50. The van der Waals surface area contributed by atoms with Gasteiger partial charge in [-0.15, -0.1) is 0 Å². The first kappa shape index (κ1) is 19.4. The van der Waals surface area contributed by atoms with Gasteiger partial charge < -0.3 is 14.7 Å². The molecule has 142 valence electrons. The molecule has 3 rings (SSSR count). The topological polar surface area (TPSA) is 66.8 Å². The van der Waals surface area contributed by atoms with E-state index in [0.717, 1.165) is 11.3 Å². The zero-order valence-corrected chi connectivity index (χ0v) is 16.1. The number of anilines is 1. The van der Waals surface area contributed by atoms with E-state index < -0.39 is 11.5 Å². The third-order valence-electron chi connectivity index (χ3n) is 4.78. The fraction of sp³-hybridized carbons (Fsp3) is 0.333. The van der Waals surface area contributed by atoms with Crippen LogP contribution in [0.4, 0.5) is 5.69 Å². The van der Waals surface area contributed by atoms with Gasteiger partial charge in [0.1, 0.15) is 11.5 Å². The number of halogens is 1. The number of hydrogen-bond acceptors (Lipinski definition) is 4. The van der Waals surface area contributed by atoms with Crippen molar-refractivity contribution < 1.29 is 19.4 Å². The molecule has 1 unspecified atom stereocenters. The number of hydrogen-bond donors (Lipinski definition) is 1. The van der Waals surface area contributed by atoms with Crippen LogP contribution in [-0.2, 0) is 21.7 Å². The molecule has 1 aliphatic rings. The first-order valence-electron chi connectivity index (χ1n) is 8.88. The Morgan fingerprint density at radius 3 is 2.56 bits per heavy atom. The van der Waals surface area contributed by atoms with Crippen molar-refractivity contribution >= 4 is 29.0 Å². The zero-order valence-electron chi connectivity index (χ0n) is 15.4. The lowest BCUT2D eigenvalue weighted by atomic mass is 9.89. The quantitative estimate of drug-likeness (QED) is 0.783. The molecule has 2 aromatic rings. The van der Waals surface area contributed by atoms with Crippen LogP contribution in [0.25, 0.3) is 0 Å². The molecule has 0 aliphatic carbocycles. The third-order valence-corrected chi connectivity index (χ3v) is 5.01. The molecule has 0 fully saturated rings. The molecular formula is C21H22ClNO4. The molecule has 27 heavy (non-hydrogen) atoms. The van der Waals surface area contributed by atoms with Crippen molar-refractivity contribution in [1.82, 2.24) is 0 Å². The number of ether oxygens (including phenoxy) is 1. The van der Waals surface area contributed by atoms with E-state index in [4.69, 9.17) is 16.3 Å². The van der Waals surface area contributed by atoms with Crippen molar-refractivity contribution in [3.63, 3.8) is 0 Å². The fourth-order valence-electron chi connectivity index (χ4n) is 3.42. The minimum absolute atomic E-state index is 0.148. The molecule has 0 saturated heterocycles. The van der Waals surface area contributed by atoms with E-state index in [-0.39, 0.29) is 18.7 Å². The van der Waals surface area contributed by atoms with E-state index in [2.05, 4.69) is 0 Å². The summed E-state index contributed by atoms with van der Waals surface area (Å²) in [6.45, 7) is 2.17. The molecular weight excluding hydrogens is 366 g/mol. The van der Waals surface area contributed by atoms with Crippen molar-refractivity contribution in [2.45, 2.75) is 38.3 Å². The van der Waals surface area contributed by atoms with Gasteiger partial charge in [-0.1, -0.05) is 30.7 Å². The Labute approximate surface area is 163 Å². The van der Waals surface area contributed by atoms with E-state index >= 15 is 0 Å². The molecule has 0 radical (unpaired) electrons. The summed E-state index contributed by atoms with van der Waals surface area (Å²) >= 11 is 6.10. The third kappa shape index (κ3) is 3.70. The minimum atomic E-state index is -1.88. The first-order valence-corrected chi connectivity index (χ1v) is 9.26. The van der Waals surface area contributed by atoms with E-state index in [9.17, 15) is 14.7 Å². The lowest BCUT2D eigenvalue weighted by Crippen LogP contribution is -2.41. The standard InChI is InChI=1S/C21H22ClNO4/c1-3-4-16(24)12-21(26)18-11-15(22)7-10-19(18)23(20(21)25)13-14-5-8-17(27-2)9-6-14/h5-11,26H,3-4,12-13H2,1-2H3. The van der Waals surface area contributed by atoms with Crippen LogP contribution in [0.3, 0.4) is 0 Å². The van der Waals surface area contributed by atoms with E-state index in [1.54, 1.807) is 25.3 Å². The summed E-state index contributed by atoms with van der Waals surface area (Å²) in [5, 5.41) is 11.6. The van der Waals surface area contributed by atoms with Crippen molar-refractivity contribution in [3.05, 3.63) is 58.6 Å². The maximum absolute atomic E-state index is 13.1. The van der Waals surface area contributed by atoms with Crippen LogP contribution in [0.5, 0.6) is 5.75 Å². The minimum Gasteiger partial charge on any atom is -0.497 e. The average molecular weight is 388 g/mol. The Bertz CT molecular complexity index is 865. The second kappa shape index (κ2) is 7.71. The van der Waals surface area contributed by atoms with Gasteiger partial charge in [0.05, 0.1) is 19.3 Å². The maximum atomic E-state index is 13.1. The van der Waals surface area contributed by atoms with Gasteiger partial charge in [-0.3, -0.25) is 9.59 Å². The molecule has 0 aromatic heterocycles. The monoisotopic (exact) mass is 387 g/mol. The van der Waals surface area contributed by atoms with Gasteiger partial charge in [0.15, 0.2) is 5.60 Å². The van der Waals surface area contributed by atoms with Crippen LogP contribution in [0.2, 0.25) is 5.02 Å². The summed E-state index contributed by atoms with van der Waals surface area (Å²) < 4.78 is 5.16. The van der Waals surface area contributed by atoms with Gasteiger partial charge in [0.2, 0.25) is 0 Å². The number of nitrogens with zero attached hydrogens (tertiary/aromatic N) is 1. The van der Waals surface area contributed by atoms with Gasteiger partial charge in [-0.25, -0.2) is 0 Å². The number of fused-ring (bicyclic) bond motifs is 1. The highest BCUT2D eigenvalue weighted by Crippen LogP contribution is 2.44. The number of aliphatic hydroxyl groups is 1. The van der Waals surface area contributed by atoms with Gasteiger partial charge in [-0.05, 0) is 42.3 Å². The van der Waals surface area contributed by atoms with E-state index in [0.29, 0.717) is 29.1 Å². The van der Waals surface area contributed by atoms with Crippen molar-refractivity contribution in [3.8, 4) is 5.75 Å². The van der Waals surface area contributed by atoms with Gasteiger partial charge in [0, 0.05) is 23.4 Å². The van der Waals surface area contributed by atoms with E-state index in [1.165, 1.54) is 4.90 Å². The number of ketones is 1. The molecule has 1 aliphatic heterocycles. The number of amides is 1. The molecule has 0 saturated carbocycles. The number of rotatable bonds is 7. The summed E-state index contributed by atoms with van der Waals surface area (Å²) in [4.78, 5) is 26.8. The summed E-state index contributed by atoms with van der Waals surface area (Å²) in [7, 11) is 1.59. The van der Waals surface area contributed by atoms with Crippen LogP contribution in [0, 0.1) is 0 Å². The molecule has 0 spiro atoms. The van der Waals surface area contributed by atoms with Crippen molar-refractivity contribution in [1.29, 1.82) is 0 Å². The second-order valence-electron chi connectivity index (χ2n) is 6.73. The summed E-state index contributed by atoms with van der Waals surface area (Å²) in [6.07, 6.45) is 0.747. The Hall–Kier alpha value is -2.37. The number of methoxy groups -OCH3 is 1. The molecule has 1 atom stereocenters. The maximum Gasteiger partial charge on any atom is 0.264 e. The molecule has 1 heterocycles. The molecule has 1 amide bonds. The molecule has 5 nitrogen and oxygen atoms in total. The Morgan fingerprint density at radius 1 is 1.22 bits per heavy atom. The highest BCUT2D eigenvalue weighted by atomic mass is 35.5. The summed E-state index contributed by atoms with van der Waals surface area (Å²) in [6, 6.07) is 12.3. The summed E-state index contributed by atoms with van der Waals surface area (Å²) in [5.41, 5.74) is -0.0296. The van der Waals surface area contributed by atoms with Gasteiger partial charge in [0.25, 0.3) is 5.91 Å². The number of Topliss-reactive ketones (excluding diaryl/α,β-unsaturated/α-hetero) is 1. The second-order valence-corrected chi connectivity index (χ2v) is 7.16. The lowest BCUT2D eigenvalue weighted by Gasteiger charge is -2.23. The average Bonchev–Trinajstić information content (AvgIpc) is 2.84. The van der Waals surface area contributed by atoms with Crippen molar-refractivity contribution in [2.75, 3.05) is 12.0 Å². The SMILES string of the molecule is CCCC(=O)CC1(O)C(=O)N(Cc2ccc(OC)cc2)c2ccc(Cl)cc21. The van der Waals surface area contributed by atoms with Crippen LogP contribution in [0.15, 0.2) is 42.5 Å². The van der Waals surface area contributed by atoms with Crippen LogP contribution in [0.1, 0.15) is 37.3 Å². The molecule has 2 aromatic carbocycles. The lowest BCUT2D eigenvalue weighted by molar-refractivity contribution is -0.142. The van der Waals surface area contributed by atoms with Gasteiger partial charge >= 0.3 is 0 Å². The van der Waals surface area contributed by atoms with Crippen LogP contribution < -0.4 is 9.64 Å². The Kier molecular flexibility index (Phi) is 5.53. The number of benzene rings is 2. The molecule has 0 bridgehead atoms. The van der Waals surface area contributed by atoms with Crippen molar-refractivity contribution in [2.24, 2.45) is 0 Å². The Morgan fingerprint density at radius 2 is 1.93 bits per heavy atom. The summed E-state index contributed by atoms with van der Waals surface area (Å²) in [5.74, 6) is 0.0750. The highest BCUT2D eigenvalue weighted by molar-refractivity contribution is 6.31. The van der Waals surface area contributed by atoms with Gasteiger partial charge in [-0.2, -0.15) is 0 Å². The van der Waals surface area contributed by atoms with Crippen LogP contribution >= 0.6 is 11.6 Å². The predicted octanol–water partition coefficient (Wildman–Crippen LogP) is 3.84.